The Bertz CT molecular complexity index is 2010. The SMILES string of the molecule is CCc1nc2c([nH]1)COc1c-2ccc2cc(-c3ccc4c(c3)c3c[nH]ncc3c3nc(C)nc43)sc12. The van der Waals surface area contributed by atoms with Crippen molar-refractivity contribution in [3.05, 3.63) is 66.1 Å². The Morgan fingerprint density at radius 3 is 2.75 bits per heavy atom. The third-order valence-corrected chi connectivity index (χ3v) is 8.26. The third-order valence-electron chi connectivity index (χ3n) is 7.06. The van der Waals surface area contributed by atoms with Gasteiger partial charge in [-0.15, -0.1) is 11.3 Å². The van der Waals surface area contributed by atoms with E-state index in [1.807, 2.05) is 19.3 Å². The molecule has 7 nitrogen and oxygen atoms in total. The zero-order valence-corrected chi connectivity index (χ0v) is 20.5. The van der Waals surface area contributed by atoms with E-state index in [4.69, 9.17) is 14.7 Å². The number of rotatable bonds is 2. The highest BCUT2D eigenvalue weighted by Gasteiger charge is 2.24. The Morgan fingerprint density at radius 2 is 1.86 bits per heavy atom. The lowest BCUT2D eigenvalue weighted by atomic mass is 9.99. The fourth-order valence-electron chi connectivity index (χ4n) is 5.37. The fourth-order valence-corrected chi connectivity index (χ4v) is 6.53. The van der Waals surface area contributed by atoms with Gasteiger partial charge in [-0.3, -0.25) is 5.10 Å². The van der Waals surface area contributed by atoms with E-state index < -0.39 is 0 Å². The highest BCUT2D eigenvalue weighted by molar-refractivity contribution is 7.22. The zero-order valence-electron chi connectivity index (χ0n) is 19.6. The Hall–Kier alpha value is -4.30. The van der Waals surface area contributed by atoms with Crippen LogP contribution in [0.15, 0.2) is 48.8 Å². The van der Waals surface area contributed by atoms with E-state index in [1.165, 1.54) is 10.3 Å². The lowest BCUT2D eigenvalue weighted by molar-refractivity contribution is 0.302. The number of ether oxygens (including phenoxy) is 1. The highest BCUT2D eigenvalue weighted by atomic mass is 32.1. The minimum Gasteiger partial charge on any atom is -0.485 e. The van der Waals surface area contributed by atoms with Crippen molar-refractivity contribution in [1.82, 2.24) is 30.1 Å². The maximum atomic E-state index is 6.26. The first-order valence-corrected chi connectivity index (χ1v) is 12.8. The first kappa shape index (κ1) is 19.9. The number of aromatic nitrogens is 6. The van der Waals surface area contributed by atoms with Gasteiger partial charge in [-0.05, 0) is 41.5 Å². The van der Waals surface area contributed by atoms with Crippen LogP contribution in [-0.2, 0) is 13.0 Å². The van der Waals surface area contributed by atoms with Crippen LogP contribution in [0.5, 0.6) is 5.75 Å². The lowest BCUT2D eigenvalue weighted by Gasteiger charge is -2.17. The number of nitrogens with one attached hydrogen (secondary N) is 2. The van der Waals surface area contributed by atoms with Gasteiger partial charge >= 0.3 is 0 Å². The predicted octanol–water partition coefficient (Wildman–Crippen LogP) is 6.69. The Kier molecular flexibility index (Phi) is 3.94. The van der Waals surface area contributed by atoms with Gasteiger partial charge in [-0.2, -0.15) is 5.10 Å². The van der Waals surface area contributed by atoms with Gasteiger partial charge in [0.05, 0.1) is 27.8 Å². The number of aromatic amines is 2. The van der Waals surface area contributed by atoms with Crippen LogP contribution >= 0.6 is 11.3 Å². The third kappa shape index (κ3) is 2.67. The molecule has 0 amide bonds. The molecule has 36 heavy (non-hydrogen) atoms. The summed E-state index contributed by atoms with van der Waals surface area (Å²) in [5.41, 5.74) is 6.12. The van der Waals surface area contributed by atoms with Gasteiger partial charge in [0.2, 0.25) is 0 Å². The highest BCUT2D eigenvalue weighted by Crippen LogP contribution is 2.47. The lowest BCUT2D eigenvalue weighted by Crippen LogP contribution is -2.05. The van der Waals surface area contributed by atoms with Crippen LogP contribution in [0, 0.1) is 6.92 Å². The zero-order chi connectivity index (χ0) is 24.0. The fraction of sp³-hybridized carbons (Fsp3) is 0.143. The molecule has 1 aliphatic rings. The molecule has 0 fully saturated rings. The first-order chi connectivity index (χ1) is 17.7. The second kappa shape index (κ2) is 7.11. The van der Waals surface area contributed by atoms with Crippen molar-refractivity contribution < 1.29 is 4.74 Å². The number of fused-ring (bicyclic) bond motifs is 11. The van der Waals surface area contributed by atoms with E-state index >= 15 is 0 Å². The van der Waals surface area contributed by atoms with E-state index in [9.17, 15) is 0 Å². The summed E-state index contributed by atoms with van der Waals surface area (Å²) in [4.78, 5) is 18.8. The summed E-state index contributed by atoms with van der Waals surface area (Å²) in [6, 6.07) is 13.2. The van der Waals surface area contributed by atoms with Crippen molar-refractivity contribution in [2.75, 3.05) is 0 Å². The molecule has 0 saturated heterocycles. The number of hydrogen-bond donors (Lipinski definition) is 2. The summed E-state index contributed by atoms with van der Waals surface area (Å²) < 4.78 is 7.42. The summed E-state index contributed by atoms with van der Waals surface area (Å²) in [6.45, 7) is 4.56. The average Bonchev–Trinajstić information content (AvgIpc) is 3.64. The van der Waals surface area contributed by atoms with Crippen LogP contribution in [0.3, 0.4) is 0 Å². The second-order valence-corrected chi connectivity index (χ2v) is 10.3. The number of nitrogens with zero attached hydrogens (tertiary/aromatic N) is 4. The summed E-state index contributed by atoms with van der Waals surface area (Å²) >= 11 is 1.76. The average molecular weight is 489 g/mol. The second-order valence-electron chi connectivity index (χ2n) is 9.21. The molecule has 0 bridgehead atoms. The first-order valence-electron chi connectivity index (χ1n) is 12.0. The number of aryl methyl sites for hydroxylation is 2. The van der Waals surface area contributed by atoms with E-state index in [0.717, 1.165) is 83.6 Å². The Labute approximate surface area is 209 Å². The predicted molar refractivity (Wildman–Crippen MR) is 144 cm³/mol. The molecule has 7 aromatic rings. The smallest absolute Gasteiger partial charge is 0.147 e. The largest absolute Gasteiger partial charge is 0.485 e. The van der Waals surface area contributed by atoms with Crippen LogP contribution in [-0.4, -0.2) is 30.1 Å². The van der Waals surface area contributed by atoms with Crippen molar-refractivity contribution in [1.29, 1.82) is 0 Å². The molecule has 1 aliphatic heterocycles. The number of H-pyrrole nitrogens is 2. The van der Waals surface area contributed by atoms with Gasteiger partial charge in [0, 0.05) is 39.2 Å². The molecule has 0 aliphatic carbocycles. The topological polar surface area (TPSA) is 92.4 Å². The molecule has 0 atom stereocenters. The van der Waals surface area contributed by atoms with Gasteiger partial charge in [0.25, 0.3) is 0 Å². The molecule has 0 spiro atoms. The van der Waals surface area contributed by atoms with Gasteiger partial charge in [-0.1, -0.05) is 25.1 Å². The van der Waals surface area contributed by atoms with E-state index in [2.05, 4.69) is 63.5 Å². The van der Waals surface area contributed by atoms with Crippen molar-refractivity contribution in [3.8, 4) is 27.4 Å². The van der Waals surface area contributed by atoms with Crippen molar-refractivity contribution >= 4 is 54.0 Å². The Balaban J connectivity index is 1.34. The molecule has 8 heteroatoms. The van der Waals surface area contributed by atoms with Crippen LogP contribution in [0.25, 0.3) is 64.4 Å². The molecule has 0 unspecified atom stereocenters. The summed E-state index contributed by atoms with van der Waals surface area (Å²) in [6.07, 6.45) is 4.67. The number of thiophene rings is 1. The van der Waals surface area contributed by atoms with Gasteiger partial charge in [-0.25, -0.2) is 15.0 Å². The van der Waals surface area contributed by atoms with Crippen LogP contribution < -0.4 is 4.74 Å². The maximum Gasteiger partial charge on any atom is 0.147 e. The number of benzene rings is 3. The van der Waals surface area contributed by atoms with Gasteiger partial charge < -0.3 is 9.72 Å². The minimum atomic E-state index is 0.518. The molecule has 4 aromatic heterocycles. The van der Waals surface area contributed by atoms with E-state index in [-0.39, 0.29) is 0 Å². The molecular formula is C28H20N6OS. The summed E-state index contributed by atoms with van der Waals surface area (Å²) in [5.74, 6) is 2.70. The van der Waals surface area contributed by atoms with Crippen molar-refractivity contribution in [2.24, 2.45) is 0 Å². The standard InChI is InChI=1S/C28H20N6OS/c1-3-23-33-21-12-35-27-17(24(21)34-23)7-5-15-9-22(36-28(15)27)14-4-6-16-18(8-14)19-10-29-30-11-20(19)26-25(16)31-13(2)32-26/h4-11,29H,3,12H2,1-2H3,(H,33,34). The molecule has 8 rings (SSSR count). The monoisotopic (exact) mass is 488 g/mol. The van der Waals surface area contributed by atoms with Crippen LogP contribution in [0.4, 0.5) is 0 Å². The summed E-state index contributed by atoms with van der Waals surface area (Å²) in [7, 11) is 0. The normalized spacial score (nSPS) is 12.9. The van der Waals surface area contributed by atoms with Crippen molar-refractivity contribution in [2.45, 2.75) is 26.9 Å². The van der Waals surface area contributed by atoms with Crippen LogP contribution in [0.1, 0.15) is 24.3 Å². The molecule has 3 aromatic carbocycles. The van der Waals surface area contributed by atoms with Crippen molar-refractivity contribution in [3.63, 3.8) is 0 Å². The van der Waals surface area contributed by atoms with E-state index in [1.54, 1.807) is 11.3 Å². The molecule has 5 heterocycles. The Morgan fingerprint density at radius 1 is 0.972 bits per heavy atom. The maximum absolute atomic E-state index is 6.26. The molecule has 2 N–H and O–H groups in total. The number of imidazole rings is 2. The summed E-state index contributed by atoms with van der Waals surface area (Å²) in [5, 5.41) is 12.8. The molecular weight excluding hydrogens is 468 g/mol. The molecule has 0 radical (unpaired) electrons. The number of hydrogen-bond acceptors (Lipinski definition) is 6. The van der Waals surface area contributed by atoms with Crippen LogP contribution in [0.2, 0.25) is 0 Å². The van der Waals surface area contributed by atoms with E-state index in [0.29, 0.717) is 6.61 Å². The minimum absolute atomic E-state index is 0.518. The molecule has 174 valence electrons. The molecule has 0 saturated carbocycles. The van der Waals surface area contributed by atoms with Gasteiger partial charge in [0.1, 0.15) is 29.5 Å². The van der Waals surface area contributed by atoms with Gasteiger partial charge in [0.15, 0.2) is 0 Å². The quantitative estimate of drug-likeness (QED) is 0.264.